The van der Waals surface area contributed by atoms with Crippen molar-refractivity contribution in [2.24, 2.45) is 34.5 Å². The zero-order valence-corrected chi connectivity index (χ0v) is 14.9. The number of fused-ring (bicyclic) bond motifs is 5. The molecule has 0 heterocycles. The molecule has 0 aliphatic heterocycles. The van der Waals surface area contributed by atoms with Crippen molar-refractivity contribution in [3.63, 3.8) is 0 Å². The van der Waals surface area contributed by atoms with Gasteiger partial charge in [-0.15, -0.1) is 0 Å². The lowest BCUT2D eigenvalue weighted by Gasteiger charge is -2.58. The highest BCUT2D eigenvalue weighted by Crippen LogP contribution is 2.66. The molecule has 0 aromatic rings. The standard InChI is InChI=1S/C21H34O2/c1-20-11-8-19-17(18(20)6-4-14(20)9-12-22)5-3-15-13-16(23)7-10-21(15,19)2/h3,14,16-19,22-23H,4-13H2,1-2H3/t14-,16?,17?,18?,19?,20?,21?/m1/s1. The van der Waals surface area contributed by atoms with E-state index in [1.54, 1.807) is 5.57 Å². The molecule has 4 rings (SSSR count). The first kappa shape index (κ1) is 16.1. The van der Waals surface area contributed by atoms with Gasteiger partial charge < -0.3 is 10.2 Å². The van der Waals surface area contributed by atoms with Gasteiger partial charge in [-0.25, -0.2) is 0 Å². The van der Waals surface area contributed by atoms with Gasteiger partial charge in [0.1, 0.15) is 0 Å². The van der Waals surface area contributed by atoms with Gasteiger partial charge in [-0.3, -0.25) is 0 Å². The number of aliphatic hydroxyl groups excluding tert-OH is 2. The molecule has 2 N–H and O–H groups in total. The lowest BCUT2D eigenvalue weighted by Crippen LogP contribution is -2.50. The maximum Gasteiger partial charge on any atom is 0.0577 e. The second kappa shape index (κ2) is 5.59. The molecule has 6 unspecified atom stereocenters. The van der Waals surface area contributed by atoms with E-state index in [4.69, 9.17) is 0 Å². The van der Waals surface area contributed by atoms with E-state index in [1.807, 2.05) is 0 Å². The third kappa shape index (κ3) is 2.28. The van der Waals surface area contributed by atoms with Crippen LogP contribution in [0.2, 0.25) is 0 Å². The van der Waals surface area contributed by atoms with E-state index in [1.165, 1.54) is 38.5 Å². The Kier molecular flexibility index (Phi) is 3.93. The first-order valence-corrected chi connectivity index (χ1v) is 9.97. The third-order valence-corrected chi connectivity index (χ3v) is 8.75. The number of hydrogen-bond acceptors (Lipinski definition) is 2. The average molecular weight is 319 g/mol. The lowest BCUT2D eigenvalue weighted by molar-refractivity contribution is -0.0521. The van der Waals surface area contributed by atoms with Crippen LogP contribution in [0.4, 0.5) is 0 Å². The molecule has 3 saturated carbocycles. The Labute approximate surface area is 141 Å². The Morgan fingerprint density at radius 1 is 1.09 bits per heavy atom. The summed E-state index contributed by atoms with van der Waals surface area (Å²) in [6, 6.07) is 0. The highest BCUT2D eigenvalue weighted by atomic mass is 16.3. The lowest BCUT2D eigenvalue weighted by atomic mass is 9.47. The van der Waals surface area contributed by atoms with Crippen LogP contribution < -0.4 is 0 Å². The molecule has 0 bridgehead atoms. The van der Waals surface area contributed by atoms with E-state index >= 15 is 0 Å². The molecular weight excluding hydrogens is 284 g/mol. The van der Waals surface area contributed by atoms with Crippen LogP contribution in [-0.2, 0) is 0 Å². The van der Waals surface area contributed by atoms with Crippen LogP contribution in [0.3, 0.4) is 0 Å². The van der Waals surface area contributed by atoms with E-state index < -0.39 is 0 Å². The zero-order valence-electron chi connectivity index (χ0n) is 14.9. The minimum Gasteiger partial charge on any atom is -0.396 e. The summed E-state index contributed by atoms with van der Waals surface area (Å²) in [5, 5.41) is 19.5. The van der Waals surface area contributed by atoms with Gasteiger partial charge in [0.15, 0.2) is 0 Å². The van der Waals surface area contributed by atoms with Gasteiger partial charge in [0.05, 0.1) is 6.10 Å². The molecule has 0 spiro atoms. The van der Waals surface area contributed by atoms with Crippen molar-refractivity contribution in [3.8, 4) is 0 Å². The molecule has 7 atom stereocenters. The van der Waals surface area contributed by atoms with Crippen LogP contribution in [0.15, 0.2) is 11.6 Å². The monoisotopic (exact) mass is 318 g/mol. The van der Waals surface area contributed by atoms with Crippen molar-refractivity contribution in [2.45, 2.75) is 77.7 Å². The second-order valence-electron chi connectivity index (χ2n) is 9.49. The van der Waals surface area contributed by atoms with Gasteiger partial charge in [0.2, 0.25) is 0 Å². The van der Waals surface area contributed by atoms with Crippen LogP contribution in [0.5, 0.6) is 0 Å². The fourth-order valence-corrected chi connectivity index (χ4v) is 7.38. The summed E-state index contributed by atoms with van der Waals surface area (Å²) in [7, 11) is 0. The van der Waals surface area contributed by atoms with Crippen LogP contribution >= 0.6 is 0 Å². The summed E-state index contributed by atoms with van der Waals surface area (Å²) in [6.45, 7) is 5.40. The van der Waals surface area contributed by atoms with Crippen molar-refractivity contribution in [3.05, 3.63) is 11.6 Å². The normalized spacial score (nSPS) is 52.3. The summed E-state index contributed by atoms with van der Waals surface area (Å²) in [4.78, 5) is 0. The van der Waals surface area contributed by atoms with E-state index in [0.29, 0.717) is 17.4 Å². The Bertz CT molecular complexity index is 498. The molecule has 2 nitrogen and oxygen atoms in total. The molecule has 2 heteroatoms. The smallest absolute Gasteiger partial charge is 0.0577 e. The molecule has 23 heavy (non-hydrogen) atoms. The molecule has 0 amide bonds. The van der Waals surface area contributed by atoms with Crippen molar-refractivity contribution in [1.82, 2.24) is 0 Å². The Balaban J connectivity index is 1.62. The summed E-state index contributed by atoms with van der Waals surface area (Å²) in [5.41, 5.74) is 2.41. The molecular formula is C21H34O2. The molecule has 130 valence electrons. The third-order valence-electron chi connectivity index (χ3n) is 8.75. The van der Waals surface area contributed by atoms with Gasteiger partial charge >= 0.3 is 0 Å². The van der Waals surface area contributed by atoms with Crippen LogP contribution in [0.1, 0.15) is 71.6 Å². The first-order valence-electron chi connectivity index (χ1n) is 9.97. The highest BCUT2D eigenvalue weighted by molar-refractivity contribution is 5.25. The largest absolute Gasteiger partial charge is 0.396 e. The number of rotatable bonds is 2. The highest BCUT2D eigenvalue weighted by Gasteiger charge is 2.58. The van der Waals surface area contributed by atoms with Crippen molar-refractivity contribution >= 4 is 0 Å². The number of aliphatic hydroxyl groups is 2. The average Bonchev–Trinajstić information content (AvgIpc) is 2.85. The number of hydrogen-bond donors (Lipinski definition) is 2. The first-order chi connectivity index (χ1) is 11.0. The Morgan fingerprint density at radius 3 is 2.70 bits per heavy atom. The number of allylic oxidation sites excluding steroid dienone is 1. The summed E-state index contributed by atoms with van der Waals surface area (Å²) in [6.07, 6.45) is 13.2. The van der Waals surface area contributed by atoms with Crippen LogP contribution in [0.25, 0.3) is 0 Å². The quantitative estimate of drug-likeness (QED) is 0.745. The molecule has 0 aromatic carbocycles. The Morgan fingerprint density at radius 2 is 1.91 bits per heavy atom. The Hall–Kier alpha value is -0.340. The van der Waals surface area contributed by atoms with Gasteiger partial charge in [0.25, 0.3) is 0 Å². The van der Waals surface area contributed by atoms with Gasteiger partial charge in [-0.1, -0.05) is 25.5 Å². The molecule has 0 saturated heterocycles. The molecule has 0 radical (unpaired) electrons. The van der Waals surface area contributed by atoms with Gasteiger partial charge in [-0.2, -0.15) is 0 Å². The van der Waals surface area contributed by atoms with Crippen molar-refractivity contribution < 1.29 is 10.2 Å². The van der Waals surface area contributed by atoms with Crippen molar-refractivity contribution in [1.29, 1.82) is 0 Å². The van der Waals surface area contributed by atoms with Crippen LogP contribution in [-0.4, -0.2) is 22.9 Å². The van der Waals surface area contributed by atoms with E-state index in [2.05, 4.69) is 19.9 Å². The van der Waals surface area contributed by atoms with E-state index in [9.17, 15) is 10.2 Å². The minimum atomic E-state index is -0.0971. The fourth-order valence-electron chi connectivity index (χ4n) is 7.38. The maximum absolute atomic E-state index is 10.1. The fraction of sp³-hybridized carbons (Fsp3) is 0.905. The predicted octanol–water partition coefficient (Wildman–Crippen LogP) is 4.31. The maximum atomic E-state index is 10.1. The SMILES string of the molecule is CC12CCC(O)CC1=CCC1C2CCC2(C)C1CC[C@@H]2CCO. The van der Waals surface area contributed by atoms with Gasteiger partial charge in [-0.05, 0) is 92.3 Å². The van der Waals surface area contributed by atoms with E-state index in [-0.39, 0.29) is 6.10 Å². The van der Waals surface area contributed by atoms with Gasteiger partial charge in [0, 0.05) is 6.61 Å². The second-order valence-corrected chi connectivity index (χ2v) is 9.49. The summed E-state index contributed by atoms with van der Waals surface area (Å²) < 4.78 is 0. The predicted molar refractivity (Wildman–Crippen MR) is 92.9 cm³/mol. The molecule has 0 aromatic heterocycles. The molecule has 3 fully saturated rings. The molecule has 4 aliphatic carbocycles. The summed E-state index contributed by atoms with van der Waals surface area (Å²) in [5.74, 6) is 3.28. The topological polar surface area (TPSA) is 40.5 Å². The minimum absolute atomic E-state index is 0.0971. The summed E-state index contributed by atoms with van der Waals surface area (Å²) >= 11 is 0. The van der Waals surface area contributed by atoms with Crippen molar-refractivity contribution in [2.75, 3.05) is 6.61 Å². The van der Waals surface area contributed by atoms with Crippen LogP contribution in [0, 0.1) is 34.5 Å². The molecule has 4 aliphatic rings. The van der Waals surface area contributed by atoms with E-state index in [0.717, 1.165) is 42.9 Å². The zero-order chi connectivity index (χ0) is 16.2.